The smallest absolute Gasteiger partial charge is 0.137 e. The Morgan fingerprint density at radius 3 is 2.58 bits per heavy atom. The summed E-state index contributed by atoms with van der Waals surface area (Å²) in [4.78, 5) is 0. The molecule has 0 saturated carbocycles. The summed E-state index contributed by atoms with van der Waals surface area (Å²) in [5, 5.41) is 3.18. The Balaban J connectivity index is 2.20. The van der Waals surface area contributed by atoms with Crippen LogP contribution >= 0.6 is 15.9 Å². The van der Waals surface area contributed by atoms with Crippen LogP contribution in [0.2, 0.25) is 0 Å². The lowest BCUT2D eigenvalue weighted by atomic mass is 10.1. The van der Waals surface area contributed by atoms with Crippen molar-refractivity contribution in [2.45, 2.75) is 13.0 Å². The first-order chi connectivity index (χ1) is 9.10. The lowest BCUT2D eigenvalue weighted by molar-refractivity contribution is 0.478. The van der Waals surface area contributed by atoms with Gasteiger partial charge >= 0.3 is 0 Å². The minimum atomic E-state index is -0.301. The Labute approximate surface area is 120 Å². The summed E-state index contributed by atoms with van der Waals surface area (Å²) >= 11 is 3.14. The lowest BCUT2D eigenvalue weighted by Crippen LogP contribution is -2.11. The van der Waals surface area contributed by atoms with Crippen molar-refractivity contribution in [1.29, 1.82) is 0 Å². The van der Waals surface area contributed by atoms with Crippen LogP contribution in [-0.4, -0.2) is 7.05 Å². The van der Waals surface area contributed by atoms with E-state index in [-0.39, 0.29) is 11.9 Å². The monoisotopic (exact) mass is 323 g/mol. The second-order valence-corrected chi connectivity index (χ2v) is 5.12. The molecule has 0 aliphatic rings. The summed E-state index contributed by atoms with van der Waals surface area (Å²) in [5.74, 6) is 1.03. The standard InChI is InChI=1S/C15H15BrFNO/c1-10(18-2)11-4-3-5-12(8-11)19-13-6-7-15(17)14(16)9-13/h3-10,18H,1-2H3. The van der Waals surface area contributed by atoms with Crippen molar-refractivity contribution in [3.05, 3.63) is 58.3 Å². The van der Waals surface area contributed by atoms with E-state index in [0.29, 0.717) is 10.2 Å². The maximum absolute atomic E-state index is 13.1. The number of rotatable bonds is 4. The van der Waals surface area contributed by atoms with Crippen LogP contribution in [0.5, 0.6) is 11.5 Å². The Kier molecular flexibility index (Phi) is 4.56. The number of ether oxygens (including phenoxy) is 1. The van der Waals surface area contributed by atoms with Gasteiger partial charge in [0.25, 0.3) is 0 Å². The predicted octanol–water partition coefficient (Wildman–Crippen LogP) is 4.66. The average molecular weight is 324 g/mol. The minimum absolute atomic E-state index is 0.253. The van der Waals surface area contributed by atoms with Crippen molar-refractivity contribution in [3.63, 3.8) is 0 Å². The molecule has 19 heavy (non-hydrogen) atoms. The maximum atomic E-state index is 13.1. The van der Waals surface area contributed by atoms with Gasteiger partial charge in [-0.2, -0.15) is 0 Å². The van der Waals surface area contributed by atoms with Gasteiger partial charge in [0.05, 0.1) is 4.47 Å². The highest BCUT2D eigenvalue weighted by atomic mass is 79.9. The lowest BCUT2D eigenvalue weighted by Gasteiger charge is -2.12. The fraction of sp³-hybridized carbons (Fsp3) is 0.200. The molecule has 0 fully saturated rings. The fourth-order valence-corrected chi connectivity index (χ4v) is 2.05. The van der Waals surface area contributed by atoms with E-state index in [2.05, 4.69) is 28.2 Å². The number of hydrogen-bond donors (Lipinski definition) is 1. The van der Waals surface area contributed by atoms with Crippen LogP contribution in [0.1, 0.15) is 18.5 Å². The van der Waals surface area contributed by atoms with Crippen molar-refractivity contribution in [1.82, 2.24) is 5.32 Å². The third kappa shape index (κ3) is 3.55. The minimum Gasteiger partial charge on any atom is -0.457 e. The molecule has 0 aliphatic heterocycles. The molecule has 0 amide bonds. The topological polar surface area (TPSA) is 21.3 Å². The molecule has 0 bridgehead atoms. The Morgan fingerprint density at radius 1 is 1.16 bits per heavy atom. The zero-order valence-corrected chi connectivity index (χ0v) is 12.4. The third-order valence-corrected chi connectivity index (χ3v) is 3.53. The molecule has 1 unspecified atom stereocenters. The highest BCUT2D eigenvalue weighted by Crippen LogP contribution is 2.27. The molecular formula is C15H15BrFNO. The molecule has 0 spiro atoms. The molecule has 0 radical (unpaired) electrons. The Hall–Kier alpha value is -1.39. The van der Waals surface area contributed by atoms with Crippen molar-refractivity contribution >= 4 is 15.9 Å². The van der Waals surface area contributed by atoms with E-state index in [9.17, 15) is 4.39 Å². The first-order valence-electron chi connectivity index (χ1n) is 6.00. The maximum Gasteiger partial charge on any atom is 0.137 e. The van der Waals surface area contributed by atoms with E-state index in [4.69, 9.17) is 4.74 Å². The van der Waals surface area contributed by atoms with E-state index in [1.165, 1.54) is 6.07 Å². The van der Waals surface area contributed by atoms with Crippen LogP contribution in [0.4, 0.5) is 4.39 Å². The van der Waals surface area contributed by atoms with Crippen molar-refractivity contribution in [2.24, 2.45) is 0 Å². The number of benzene rings is 2. The number of hydrogen-bond acceptors (Lipinski definition) is 2. The summed E-state index contributed by atoms with van der Waals surface area (Å²) in [6.45, 7) is 2.08. The Bertz CT molecular complexity index is 574. The van der Waals surface area contributed by atoms with E-state index < -0.39 is 0 Å². The van der Waals surface area contributed by atoms with Crippen molar-refractivity contribution < 1.29 is 9.13 Å². The van der Waals surface area contributed by atoms with Crippen molar-refractivity contribution in [3.8, 4) is 11.5 Å². The average Bonchev–Trinajstić information content (AvgIpc) is 2.42. The largest absolute Gasteiger partial charge is 0.457 e. The molecule has 2 aromatic rings. The van der Waals surface area contributed by atoms with Gasteiger partial charge in [0.15, 0.2) is 0 Å². The first kappa shape index (κ1) is 14.0. The molecule has 2 rings (SSSR count). The fourth-order valence-electron chi connectivity index (χ4n) is 1.69. The molecule has 1 atom stereocenters. The van der Waals surface area contributed by atoms with Crippen LogP contribution in [0.15, 0.2) is 46.9 Å². The molecule has 4 heteroatoms. The van der Waals surface area contributed by atoms with E-state index >= 15 is 0 Å². The van der Waals surface area contributed by atoms with Gasteiger partial charge in [-0.05, 0) is 65.8 Å². The van der Waals surface area contributed by atoms with Crippen LogP contribution in [0.25, 0.3) is 0 Å². The molecule has 0 aliphatic carbocycles. The summed E-state index contributed by atoms with van der Waals surface area (Å²) in [6, 6.07) is 12.7. The highest BCUT2D eigenvalue weighted by Gasteiger charge is 2.06. The van der Waals surface area contributed by atoms with E-state index in [1.54, 1.807) is 12.1 Å². The van der Waals surface area contributed by atoms with Crippen LogP contribution < -0.4 is 10.1 Å². The second kappa shape index (κ2) is 6.17. The van der Waals surface area contributed by atoms with Crippen LogP contribution in [-0.2, 0) is 0 Å². The summed E-state index contributed by atoms with van der Waals surface area (Å²) < 4.78 is 19.3. The van der Waals surface area contributed by atoms with Crippen LogP contribution in [0.3, 0.4) is 0 Å². The van der Waals surface area contributed by atoms with Gasteiger partial charge in [-0.3, -0.25) is 0 Å². The molecule has 0 heterocycles. The van der Waals surface area contributed by atoms with Crippen molar-refractivity contribution in [2.75, 3.05) is 7.05 Å². The highest BCUT2D eigenvalue weighted by molar-refractivity contribution is 9.10. The van der Waals surface area contributed by atoms with Gasteiger partial charge in [-0.15, -0.1) is 0 Å². The summed E-state index contributed by atoms with van der Waals surface area (Å²) in [7, 11) is 1.91. The van der Waals surface area contributed by atoms with Gasteiger partial charge in [0.2, 0.25) is 0 Å². The molecule has 0 aromatic heterocycles. The van der Waals surface area contributed by atoms with Gasteiger partial charge in [0.1, 0.15) is 17.3 Å². The molecule has 0 saturated heterocycles. The Morgan fingerprint density at radius 2 is 1.89 bits per heavy atom. The van der Waals surface area contributed by atoms with Gasteiger partial charge in [-0.1, -0.05) is 12.1 Å². The van der Waals surface area contributed by atoms with E-state index in [1.807, 2.05) is 31.3 Å². The van der Waals surface area contributed by atoms with E-state index in [0.717, 1.165) is 11.3 Å². The molecule has 2 aromatic carbocycles. The van der Waals surface area contributed by atoms with Gasteiger partial charge in [0, 0.05) is 6.04 Å². The number of nitrogens with one attached hydrogen (secondary N) is 1. The van der Waals surface area contributed by atoms with Gasteiger partial charge in [-0.25, -0.2) is 4.39 Å². The van der Waals surface area contributed by atoms with Crippen LogP contribution in [0, 0.1) is 5.82 Å². The third-order valence-electron chi connectivity index (χ3n) is 2.92. The molecule has 2 nitrogen and oxygen atoms in total. The quantitative estimate of drug-likeness (QED) is 0.883. The van der Waals surface area contributed by atoms with Gasteiger partial charge < -0.3 is 10.1 Å². The molecule has 1 N–H and O–H groups in total. The SMILES string of the molecule is CNC(C)c1cccc(Oc2ccc(F)c(Br)c2)c1. The zero-order valence-electron chi connectivity index (χ0n) is 10.8. The second-order valence-electron chi connectivity index (χ2n) is 4.26. The normalized spacial score (nSPS) is 12.2. The first-order valence-corrected chi connectivity index (χ1v) is 6.79. The summed E-state index contributed by atoms with van der Waals surface area (Å²) in [6.07, 6.45) is 0. The predicted molar refractivity (Wildman–Crippen MR) is 78.1 cm³/mol. The molecule has 100 valence electrons. The number of halogens is 2. The summed E-state index contributed by atoms with van der Waals surface area (Å²) in [5.41, 5.74) is 1.14. The zero-order chi connectivity index (χ0) is 13.8. The molecular weight excluding hydrogens is 309 g/mol.